The molecule has 4 heteroatoms. The van der Waals surface area contributed by atoms with Gasteiger partial charge < -0.3 is 5.11 Å². The van der Waals surface area contributed by atoms with Gasteiger partial charge in [-0.2, -0.15) is 0 Å². The van der Waals surface area contributed by atoms with Crippen LogP contribution < -0.4 is 0 Å². The Kier molecular flexibility index (Phi) is 5.26. The van der Waals surface area contributed by atoms with E-state index >= 15 is 0 Å². The molecule has 0 aliphatic heterocycles. The minimum Gasteiger partial charge on any atom is -0.481 e. The smallest absolute Gasteiger partial charge is 0.303 e. The van der Waals surface area contributed by atoms with Crippen LogP contribution in [0.4, 0.5) is 0 Å². The minimum absolute atomic E-state index is 0.109. The molecule has 4 aliphatic carbocycles. The summed E-state index contributed by atoms with van der Waals surface area (Å²) in [6.07, 6.45) is 7.08. The molecule has 0 bridgehead atoms. The normalized spacial score (nSPS) is 46.0. The lowest BCUT2D eigenvalue weighted by Crippen LogP contribution is -2.61. The number of carboxylic acids is 1. The van der Waals surface area contributed by atoms with Crippen LogP contribution in [0.25, 0.3) is 0 Å². The second kappa shape index (κ2) is 7.17. The minimum atomic E-state index is -0.740. The Bertz CT molecular complexity index is 754. The number of hydrogen-bond donors (Lipinski definition) is 1. The maximum atomic E-state index is 13.8. The van der Waals surface area contributed by atoms with E-state index in [9.17, 15) is 14.4 Å². The Morgan fingerprint density at radius 3 is 2.47 bits per heavy atom. The highest BCUT2D eigenvalue weighted by molar-refractivity contribution is 5.87. The first kappa shape index (κ1) is 22.0. The third-order valence-electron chi connectivity index (χ3n) is 10.6. The van der Waals surface area contributed by atoms with Gasteiger partial charge in [0.05, 0.1) is 0 Å². The number of fused-ring (bicyclic) bond motifs is 5. The van der Waals surface area contributed by atoms with Gasteiger partial charge in [-0.15, -0.1) is 0 Å². The van der Waals surface area contributed by atoms with Crippen molar-refractivity contribution < 1.29 is 19.5 Å². The lowest BCUT2D eigenvalue weighted by atomic mass is 9.39. The highest BCUT2D eigenvalue weighted by Gasteiger charge is 2.67. The van der Waals surface area contributed by atoms with Gasteiger partial charge in [-0.3, -0.25) is 14.4 Å². The van der Waals surface area contributed by atoms with Crippen molar-refractivity contribution in [1.29, 1.82) is 0 Å². The summed E-state index contributed by atoms with van der Waals surface area (Å²) in [6.45, 7) is 11.5. The van der Waals surface area contributed by atoms with Crippen LogP contribution in [0.3, 0.4) is 0 Å². The highest BCUT2D eigenvalue weighted by atomic mass is 16.4. The van der Waals surface area contributed by atoms with E-state index in [1.54, 1.807) is 0 Å². The zero-order chi connectivity index (χ0) is 22.1. The molecule has 4 fully saturated rings. The molecule has 8 atom stereocenters. The molecular weight excluding hydrogens is 376 g/mol. The molecule has 4 saturated carbocycles. The maximum absolute atomic E-state index is 13.8. The summed E-state index contributed by atoms with van der Waals surface area (Å²) in [5.41, 5.74) is -0.0690. The lowest BCUT2D eigenvalue weighted by Gasteiger charge is -2.64. The van der Waals surface area contributed by atoms with Crippen molar-refractivity contribution in [2.75, 3.05) is 0 Å². The van der Waals surface area contributed by atoms with Crippen LogP contribution in [-0.4, -0.2) is 22.6 Å². The maximum Gasteiger partial charge on any atom is 0.303 e. The molecule has 0 heterocycles. The summed E-state index contributed by atoms with van der Waals surface area (Å²) in [4.78, 5) is 37.2. The quantitative estimate of drug-likeness (QED) is 0.654. The number of aliphatic carboxylic acids is 1. The number of hydrogen-bond acceptors (Lipinski definition) is 3. The van der Waals surface area contributed by atoms with Crippen molar-refractivity contribution in [3.63, 3.8) is 0 Å². The Morgan fingerprint density at radius 1 is 1.10 bits per heavy atom. The predicted molar refractivity (Wildman–Crippen MR) is 116 cm³/mol. The Balaban J connectivity index is 1.67. The van der Waals surface area contributed by atoms with Gasteiger partial charge in [-0.25, -0.2) is 0 Å². The zero-order valence-electron chi connectivity index (χ0n) is 19.5. The van der Waals surface area contributed by atoms with E-state index in [1.165, 1.54) is 0 Å². The third-order valence-corrected chi connectivity index (χ3v) is 10.6. The molecule has 0 radical (unpaired) electrons. The zero-order valence-corrected chi connectivity index (χ0v) is 19.5. The molecule has 0 aromatic heterocycles. The van der Waals surface area contributed by atoms with Gasteiger partial charge in [0, 0.05) is 31.1 Å². The molecule has 0 amide bonds. The molecule has 1 N–H and O–H groups in total. The summed E-state index contributed by atoms with van der Waals surface area (Å²) in [5, 5.41) is 9.14. The van der Waals surface area contributed by atoms with Gasteiger partial charge in [0.1, 0.15) is 11.6 Å². The second-order valence-electron chi connectivity index (χ2n) is 12.4. The Labute approximate surface area is 181 Å². The van der Waals surface area contributed by atoms with Crippen molar-refractivity contribution in [3.8, 4) is 0 Å². The topological polar surface area (TPSA) is 71.4 Å². The van der Waals surface area contributed by atoms with Crippen molar-refractivity contribution in [1.82, 2.24) is 0 Å². The summed E-state index contributed by atoms with van der Waals surface area (Å²) in [5.74, 6) is 2.37. The van der Waals surface area contributed by atoms with E-state index in [0.29, 0.717) is 66.8 Å². The van der Waals surface area contributed by atoms with Crippen LogP contribution >= 0.6 is 0 Å². The van der Waals surface area contributed by atoms with E-state index in [1.807, 2.05) is 0 Å². The Morgan fingerprint density at radius 2 is 1.80 bits per heavy atom. The first-order chi connectivity index (χ1) is 13.9. The Hall–Kier alpha value is -1.19. The molecule has 0 aromatic rings. The number of carbonyl (C=O) groups is 3. The molecule has 4 aliphatic rings. The fourth-order valence-corrected chi connectivity index (χ4v) is 8.97. The van der Waals surface area contributed by atoms with Crippen molar-refractivity contribution in [2.45, 2.75) is 92.4 Å². The molecule has 0 aromatic carbocycles. The van der Waals surface area contributed by atoms with Crippen LogP contribution in [0.2, 0.25) is 0 Å². The number of ketones is 2. The van der Waals surface area contributed by atoms with Gasteiger partial charge in [0.25, 0.3) is 0 Å². The first-order valence-electron chi connectivity index (χ1n) is 12.2. The average Bonchev–Trinajstić information content (AvgIpc) is 3.00. The standard InChI is InChI=1S/C26H40O4/c1-15(6-9-22(29)30)18-7-8-19-23-20(13-21(28)26(18,19)5)25(4)11-10-17(27)12-16(25)14-24(23,2)3/h15-16,18-20,23H,6-14H2,1-5H3,(H,29,30)/t15-,16?,18-,19+,20+,23+,25+,26-/m1/s1. The number of rotatable bonds is 4. The molecule has 0 saturated heterocycles. The summed E-state index contributed by atoms with van der Waals surface area (Å²) >= 11 is 0. The average molecular weight is 417 g/mol. The van der Waals surface area contributed by atoms with Crippen LogP contribution in [0.5, 0.6) is 0 Å². The largest absolute Gasteiger partial charge is 0.481 e. The fourth-order valence-electron chi connectivity index (χ4n) is 8.97. The fraction of sp³-hybridized carbons (Fsp3) is 0.885. The van der Waals surface area contributed by atoms with E-state index in [2.05, 4.69) is 34.6 Å². The van der Waals surface area contributed by atoms with Crippen molar-refractivity contribution in [3.05, 3.63) is 0 Å². The van der Waals surface area contributed by atoms with Gasteiger partial charge in [-0.05, 0) is 78.4 Å². The SMILES string of the molecule is C[C@H](CCC(=O)O)[C@H]1CC[C@H]2[C@H]3[C@H](CC(=O)[C@]12C)[C@@]1(C)CCC(=O)CC1CC3(C)C. The van der Waals surface area contributed by atoms with E-state index in [4.69, 9.17) is 5.11 Å². The molecule has 4 nitrogen and oxygen atoms in total. The molecule has 168 valence electrons. The highest BCUT2D eigenvalue weighted by Crippen LogP contribution is 2.70. The molecular formula is C26H40O4. The predicted octanol–water partition coefficient (Wildman–Crippen LogP) is 5.53. The summed E-state index contributed by atoms with van der Waals surface area (Å²) in [7, 11) is 0. The summed E-state index contributed by atoms with van der Waals surface area (Å²) < 4.78 is 0. The molecule has 4 rings (SSSR count). The molecule has 0 spiro atoms. The van der Waals surface area contributed by atoms with Crippen LogP contribution in [0, 0.1) is 51.8 Å². The van der Waals surface area contributed by atoms with Crippen LogP contribution in [-0.2, 0) is 14.4 Å². The van der Waals surface area contributed by atoms with Gasteiger partial charge in [0.2, 0.25) is 0 Å². The monoisotopic (exact) mass is 416 g/mol. The van der Waals surface area contributed by atoms with E-state index in [0.717, 1.165) is 25.7 Å². The van der Waals surface area contributed by atoms with Gasteiger partial charge >= 0.3 is 5.97 Å². The molecule has 30 heavy (non-hydrogen) atoms. The number of Topliss-reactive ketones (excluding diaryl/α,β-unsaturated/α-hetero) is 2. The van der Waals surface area contributed by atoms with Gasteiger partial charge in [0.15, 0.2) is 0 Å². The van der Waals surface area contributed by atoms with Crippen molar-refractivity contribution in [2.24, 2.45) is 51.8 Å². The molecule has 1 unspecified atom stereocenters. The number of carbonyl (C=O) groups excluding carboxylic acids is 2. The van der Waals surface area contributed by atoms with Crippen molar-refractivity contribution >= 4 is 17.5 Å². The first-order valence-corrected chi connectivity index (χ1v) is 12.2. The summed E-state index contributed by atoms with van der Waals surface area (Å²) in [6, 6.07) is 0. The number of carboxylic acid groups (broad SMARTS) is 1. The lowest BCUT2D eigenvalue weighted by molar-refractivity contribution is -0.179. The van der Waals surface area contributed by atoms with Crippen LogP contribution in [0.1, 0.15) is 92.4 Å². The van der Waals surface area contributed by atoms with Gasteiger partial charge in [-0.1, -0.05) is 34.6 Å². The van der Waals surface area contributed by atoms with E-state index < -0.39 is 5.97 Å². The van der Waals surface area contributed by atoms with Crippen LogP contribution in [0.15, 0.2) is 0 Å². The second-order valence-corrected chi connectivity index (χ2v) is 12.4. The van der Waals surface area contributed by atoms with E-state index in [-0.39, 0.29) is 28.6 Å². The third kappa shape index (κ3) is 3.11.